The zero-order valence-corrected chi connectivity index (χ0v) is 19.9. The van der Waals surface area contributed by atoms with Crippen LogP contribution < -0.4 is 10.0 Å². The molecule has 0 aliphatic heterocycles. The molecule has 0 atom stereocenters. The highest BCUT2D eigenvalue weighted by atomic mass is 32.2. The number of aromatic amines is 1. The first-order chi connectivity index (χ1) is 16.9. The fourth-order valence-electron chi connectivity index (χ4n) is 3.37. The maximum absolute atomic E-state index is 14.8. The summed E-state index contributed by atoms with van der Waals surface area (Å²) in [6.07, 6.45) is 0. The van der Waals surface area contributed by atoms with E-state index in [2.05, 4.69) is 30.2 Å². The van der Waals surface area contributed by atoms with Gasteiger partial charge in [-0.25, -0.2) is 23.1 Å². The number of halogens is 3. The van der Waals surface area contributed by atoms with Crippen molar-refractivity contribution in [2.45, 2.75) is 11.8 Å². The van der Waals surface area contributed by atoms with E-state index in [0.29, 0.717) is 36.7 Å². The van der Waals surface area contributed by atoms with Crippen LogP contribution in [0.5, 0.6) is 0 Å². The number of benzene rings is 2. The van der Waals surface area contributed by atoms with Gasteiger partial charge in [0.25, 0.3) is 0 Å². The van der Waals surface area contributed by atoms with Crippen LogP contribution in [0.15, 0.2) is 41.3 Å². The Bertz CT molecular complexity index is 1330. The minimum atomic E-state index is -0.612. The zero-order chi connectivity index (χ0) is 24.9. The Morgan fingerprint density at radius 2 is 1.89 bits per heavy atom. The largest absolute Gasteiger partial charge is 0.395 e. The lowest BCUT2D eigenvalue weighted by Crippen LogP contribution is -2.28. The molecule has 184 valence electrons. The monoisotopic (exact) mass is 503 g/mol. The number of aliphatic hydroxyl groups excluding tert-OH is 1. The van der Waals surface area contributed by atoms with Crippen molar-refractivity contribution in [3.8, 4) is 11.4 Å². The predicted molar refractivity (Wildman–Crippen MR) is 131 cm³/mol. The minimum absolute atomic E-state index is 0.0107. The summed E-state index contributed by atoms with van der Waals surface area (Å²) in [4.78, 5) is 11.0. The average molecular weight is 504 g/mol. The first-order valence-corrected chi connectivity index (χ1v) is 11.6. The molecule has 0 bridgehead atoms. The molecule has 2 aromatic carbocycles. The van der Waals surface area contributed by atoms with Crippen LogP contribution in [0, 0.1) is 24.4 Å². The molecule has 2 heterocycles. The van der Waals surface area contributed by atoms with Gasteiger partial charge >= 0.3 is 0 Å². The second kappa shape index (κ2) is 10.9. The molecular formula is C23H24F3N7OS. The van der Waals surface area contributed by atoms with Crippen LogP contribution in [-0.2, 0) is 0 Å². The van der Waals surface area contributed by atoms with E-state index in [1.165, 1.54) is 12.1 Å². The second-order valence-corrected chi connectivity index (χ2v) is 8.72. The molecule has 0 saturated heterocycles. The van der Waals surface area contributed by atoms with Crippen molar-refractivity contribution >= 4 is 34.5 Å². The van der Waals surface area contributed by atoms with Crippen molar-refractivity contribution in [1.29, 1.82) is 0 Å². The fraction of sp³-hybridized carbons (Fsp3) is 0.261. The lowest BCUT2D eigenvalue weighted by Gasteiger charge is -2.16. The molecule has 0 fully saturated rings. The molecule has 4 aromatic rings. The smallest absolute Gasteiger partial charge is 0.186 e. The van der Waals surface area contributed by atoms with Crippen LogP contribution in [0.25, 0.3) is 22.4 Å². The van der Waals surface area contributed by atoms with Gasteiger partial charge in [0.1, 0.15) is 23.3 Å². The number of likely N-dealkylation sites (N-methyl/N-ethyl adjacent to an activating group) is 1. The molecule has 0 unspecified atom stereocenters. The number of rotatable bonds is 10. The number of anilines is 2. The van der Waals surface area contributed by atoms with E-state index in [0.717, 1.165) is 41.2 Å². The Morgan fingerprint density at radius 3 is 2.66 bits per heavy atom. The van der Waals surface area contributed by atoms with Gasteiger partial charge < -0.3 is 20.0 Å². The number of fused-ring (bicyclic) bond motifs is 1. The standard InChI is InChI=1S/C23H24F3N7OS/c1-13-20-22(27-7-8-33(2)9-10-34)28-21(29-23(20)31-30-13)14-3-6-18(17(26)11-14)32-35-19-12-15(24)4-5-16(19)25/h3-6,11-12,32,34H,7-10H2,1-2H3,(H2,27,28,29,30,31). The van der Waals surface area contributed by atoms with E-state index in [4.69, 9.17) is 5.11 Å². The number of nitrogens with one attached hydrogen (secondary N) is 3. The molecular weight excluding hydrogens is 479 g/mol. The molecule has 35 heavy (non-hydrogen) atoms. The number of aryl methyl sites for hydroxylation is 1. The fourth-order valence-corrected chi connectivity index (χ4v) is 4.10. The summed E-state index contributed by atoms with van der Waals surface area (Å²) in [5, 5.41) is 20.2. The summed E-state index contributed by atoms with van der Waals surface area (Å²) in [6, 6.07) is 7.44. The SMILES string of the molecule is Cc1[nH]nc2nc(-c3ccc(NSc4cc(F)ccc4F)c(F)c3)nc(NCCN(C)CCO)c12. The van der Waals surface area contributed by atoms with Crippen LogP contribution in [-0.4, -0.2) is 63.5 Å². The van der Waals surface area contributed by atoms with Gasteiger partial charge in [-0.1, -0.05) is 0 Å². The van der Waals surface area contributed by atoms with Gasteiger partial charge in [0, 0.05) is 30.9 Å². The van der Waals surface area contributed by atoms with Gasteiger partial charge in [0.15, 0.2) is 11.5 Å². The third kappa shape index (κ3) is 5.84. The van der Waals surface area contributed by atoms with Crippen molar-refractivity contribution < 1.29 is 18.3 Å². The molecule has 0 aliphatic carbocycles. The number of hydrogen-bond donors (Lipinski definition) is 4. The summed E-state index contributed by atoms with van der Waals surface area (Å²) in [5.74, 6) is -0.955. The topological polar surface area (TPSA) is 102 Å². The van der Waals surface area contributed by atoms with Crippen molar-refractivity contribution in [2.24, 2.45) is 0 Å². The van der Waals surface area contributed by atoms with E-state index in [1.54, 1.807) is 6.07 Å². The van der Waals surface area contributed by atoms with Gasteiger partial charge in [-0.15, -0.1) is 0 Å². The number of H-pyrrole nitrogens is 1. The molecule has 2 aromatic heterocycles. The second-order valence-electron chi connectivity index (χ2n) is 7.87. The molecule has 4 rings (SSSR count). The summed E-state index contributed by atoms with van der Waals surface area (Å²) in [6.45, 7) is 3.74. The van der Waals surface area contributed by atoms with E-state index >= 15 is 0 Å². The van der Waals surface area contributed by atoms with Crippen LogP contribution in [0.1, 0.15) is 5.69 Å². The van der Waals surface area contributed by atoms with Gasteiger partial charge in [0.05, 0.1) is 22.6 Å². The Labute approximate surface area is 204 Å². The Kier molecular flexibility index (Phi) is 7.73. The lowest BCUT2D eigenvalue weighted by atomic mass is 10.1. The highest BCUT2D eigenvalue weighted by Gasteiger charge is 2.16. The van der Waals surface area contributed by atoms with E-state index in [-0.39, 0.29) is 23.0 Å². The van der Waals surface area contributed by atoms with E-state index < -0.39 is 17.5 Å². The molecule has 0 amide bonds. The third-order valence-electron chi connectivity index (χ3n) is 5.25. The lowest BCUT2D eigenvalue weighted by molar-refractivity contribution is 0.225. The van der Waals surface area contributed by atoms with Crippen LogP contribution in [0.4, 0.5) is 24.7 Å². The maximum Gasteiger partial charge on any atom is 0.186 e. The highest BCUT2D eigenvalue weighted by Crippen LogP contribution is 2.30. The van der Waals surface area contributed by atoms with Crippen LogP contribution in [0.3, 0.4) is 0 Å². The molecule has 8 nitrogen and oxygen atoms in total. The highest BCUT2D eigenvalue weighted by molar-refractivity contribution is 8.00. The number of nitrogens with zero attached hydrogens (tertiary/aromatic N) is 4. The normalized spacial score (nSPS) is 11.4. The molecule has 0 aliphatic rings. The molecule has 4 N–H and O–H groups in total. The molecule has 0 spiro atoms. The minimum Gasteiger partial charge on any atom is -0.395 e. The summed E-state index contributed by atoms with van der Waals surface area (Å²) < 4.78 is 44.7. The first kappa shape index (κ1) is 24.8. The number of hydrogen-bond acceptors (Lipinski definition) is 8. The number of aromatic nitrogens is 4. The summed E-state index contributed by atoms with van der Waals surface area (Å²) >= 11 is 0.772. The summed E-state index contributed by atoms with van der Waals surface area (Å²) in [5.41, 5.74) is 1.77. The van der Waals surface area contributed by atoms with E-state index in [1.807, 2.05) is 18.9 Å². The van der Waals surface area contributed by atoms with Gasteiger partial charge in [0.2, 0.25) is 0 Å². The van der Waals surface area contributed by atoms with Gasteiger partial charge in [-0.05, 0) is 62.3 Å². The molecule has 0 saturated carbocycles. The average Bonchev–Trinajstić information content (AvgIpc) is 3.21. The zero-order valence-electron chi connectivity index (χ0n) is 19.1. The molecule has 12 heteroatoms. The predicted octanol–water partition coefficient (Wildman–Crippen LogP) is 4.20. The van der Waals surface area contributed by atoms with E-state index in [9.17, 15) is 13.2 Å². The Hall–Kier alpha value is -3.35. The Balaban J connectivity index is 1.55. The third-order valence-corrected chi connectivity index (χ3v) is 6.11. The summed E-state index contributed by atoms with van der Waals surface area (Å²) in [7, 11) is 1.90. The molecule has 0 radical (unpaired) electrons. The van der Waals surface area contributed by atoms with Crippen molar-refractivity contribution in [1.82, 2.24) is 25.1 Å². The maximum atomic E-state index is 14.8. The number of aliphatic hydroxyl groups is 1. The quantitative estimate of drug-likeness (QED) is 0.239. The first-order valence-electron chi connectivity index (χ1n) is 10.8. The van der Waals surface area contributed by atoms with Gasteiger partial charge in [-0.3, -0.25) is 5.10 Å². The van der Waals surface area contributed by atoms with Gasteiger partial charge in [-0.2, -0.15) is 5.10 Å². The Morgan fingerprint density at radius 1 is 1.06 bits per heavy atom. The van der Waals surface area contributed by atoms with Crippen LogP contribution >= 0.6 is 11.9 Å². The van der Waals surface area contributed by atoms with Crippen molar-refractivity contribution in [3.63, 3.8) is 0 Å². The van der Waals surface area contributed by atoms with Crippen LogP contribution in [0.2, 0.25) is 0 Å². The van der Waals surface area contributed by atoms with Crippen molar-refractivity contribution in [3.05, 3.63) is 59.5 Å². The van der Waals surface area contributed by atoms with Crippen molar-refractivity contribution in [2.75, 3.05) is 43.3 Å².